The number of nitrogens with one attached hydrogen (secondary N) is 1. The normalized spacial score (nSPS) is 13.4. The van der Waals surface area contributed by atoms with Gasteiger partial charge in [0.15, 0.2) is 6.61 Å². The third-order valence-corrected chi connectivity index (χ3v) is 2.96. The summed E-state index contributed by atoms with van der Waals surface area (Å²) in [6, 6.07) is 6.16. The zero-order valence-electron chi connectivity index (χ0n) is 10.7. The van der Waals surface area contributed by atoms with Gasteiger partial charge in [-0.05, 0) is 38.1 Å². The Balaban J connectivity index is 2.39. The van der Waals surface area contributed by atoms with E-state index in [0.29, 0.717) is 10.8 Å². The number of hydrogen-bond donors (Lipinski definition) is 2. The van der Waals surface area contributed by atoms with Crippen LogP contribution in [0.4, 0.5) is 0 Å². The van der Waals surface area contributed by atoms with Crippen molar-refractivity contribution in [1.29, 1.82) is 0 Å². The lowest BCUT2D eigenvalue weighted by Gasteiger charge is -2.17. The summed E-state index contributed by atoms with van der Waals surface area (Å²) in [7, 11) is 0. The van der Waals surface area contributed by atoms with Gasteiger partial charge in [-0.3, -0.25) is 9.59 Å². The van der Waals surface area contributed by atoms with E-state index < -0.39 is 17.9 Å². The highest BCUT2D eigenvalue weighted by Gasteiger charge is 2.20. The van der Waals surface area contributed by atoms with Crippen molar-refractivity contribution in [1.82, 2.24) is 5.32 Å². The van der Waals surface area contributed by atoms with Crippen molar-refractivity contribution in [3.63, 3.8) is 0 Å². The smallest absolute Gasteiger partial charge is 0.308 e. The Bertz CT molecular complexity index is 446. The van der Waals surface area contributed by atoms with Crippen LogP contribution in [0.2, 0.25) is 5.02 Å². The summed E-state index contributed by atoms with van der Waals surface area (Å²) in [4.78, 5) is 22.3. The van der Waals surface area contributed by atoms with Gasteiger partial charge in [0.1, 0.15) is 5.75 Å². The number of rotatable bonds is 6. The van der Waals surface area contributed by atoms with Crippen LogP contribution < -0.4 is 10.1 Å². The summed E-state index contributed by atoms with van der Waals surface area (Å²) in [6.07, 6.45) is 0. The molecule has 0 radical (unpaired) electrons. The summed E-state index contributed by atoms with van der Waals surface area (Å²) in [5, 5.41) is 12.0. The average molecular weight is 286 g/mol. The molecule has 104 valence electrons. The fourth-order valence-electron chi connectivity index (χ4n) is 1.31. The van der Waals surface area contributed by atoms with E-state index in [9.17, 15) is 9.59 Å². The Morgan fingerprint density at radius 1 is 1.32 bits per heavy atom. The predicted octanol–water partition coefficient (Wildman–Crippen LogP) is 1.94. The highest BCUT2D eigenvalue weighted by Crippen LogP contribution is 2.15. The zero-order chi connectivity index (χ0) is 14.4. The molecule has 2 atom stereocenters. The molecule has 19 heavy (non-hydrogen) atoms. The van der Waals surface area contributed by atoms with Crippen molar-refractivity contribution in [3.05, 3.63) is 29.3 Å². The molecule has 0 aromatic heterocycles. The van der Waals surface area contributed by atoms with Gasteiger partial charge in [0, 0.05) is 11.1 Å². The van der Waals surface area contributed by atoms with Gasteiger partial charge in [0.05, 0.1) is 5.92 Å². The molecule has 0 aliphatic carbocycles. The maximum atomic E-state index is 11.6. The lowest BCUT2D eigenvalue weighted by Crippen LogP contribution is -2.42. The van der Waals surface area contributed by atoms with Crippen LogP contribution in [0.25, 0.3) is 0 Å². The molecule has 2 unspecified atom stereocenters. The van der Waals surface area contributed by atoms with E-state index in [4.69, 9.17) is 21.4 Å². The van der Waals surface area contributed by atoms with Crippen LogP contribution in [0.15, 0.2) is 24.3 Å². The molecule has 2 N–H and O–H groups in total. The third-order valence-electron chi connectivity index (χ3n) is 2.71. The summed E-state index contributed by atoms with van der Waals surface area (Å²) in [5.74, 6) is -1.44. The number of amides is 1. The van der Waals surface area contributed by atoms with Crippen LogP contribution in [-0.4, -0.2) is 29.6 Å². The Hall–Kier alpha value is -1.75. The minimum Gasteiger partial charge on any atom is -0.484 e. The highest BCUT2D eigenvalue weighted by atomic mass is 35.5. The van der Waals surface area contributed by atoms with Crippen molar-refractivity contribution >= 4 is 23.5 Å². The molecular formula is C13H16ClNO4. The van der Waals surface area contributed by atoms with Crippen LogP contribution >= 0.6 is 11.6 Å². The molecule has 0 saturated heterocycles. The van der Waals surface area contributed by atoms with Crippen molar-refractivity contribution in [2.75, 3.05) is 6.61 Å². The number of carboxylic acids is 1. The van der Waals surface area contributed by atoms with Crippen molar-refractivity contribution in [2.24, 2.45) is 5.92 Å². The van der Waals surface area contributed by atoms with Crippen LogP contribution in [0.5, 0.6) is 5.75 Å². The SMILES string of the molecule is CC(NC(=O)COc1ccc(Cl)cc1)C(C)C(=O)O. The zero-order valence-corrected chi connectivity index (χ0v) is 11.5. The molecular weight excluding hydrogens is 270 g/mol. The summed E-state index contributed by atoms with van der Waals surface area (Å²) in [6.45, 7) is 3.00. The van der Waals surface area contributed by atoms with Gasteiger partial charge < -0.3 is 15.2 Å². The molecule has 1 aromatic rings. The molecule has 0 saturated carbocycles. The van der Waals surface area contributed by atoms with Gasteiger partial charge in [-0.15, -0.1) is 0 Å². The number of aliphatic carboxylic acids is 1. The first-order valence-corrected chi connectivity index (χ1v) is 6.18. The molecule has 1 aromatic carbocycles. The van der Waals surface area contributed by atoms with Gasteiger partial charge in [0.2, 0.25) is 0 Å². The van der Waals surface area contributed by atoms with Crippen LogP contribution in [0.3, 0.4) is 0 Å². The second-order valence-electron chi connectivity index (χ2n) is 4.23. The number of hydrogen-bond acceptors (Lipinski definition) is 3. The number of carboxylic acid groups (broad SMARTS) is 1. The Labute approximate surface area is 116 Å². The van der Waals surface area contributed by atoms with E-state index in [0.717, 1.165) is 0 Å². The van der Waals surface area contributed by atoms with Crippen LogP contribution in [-0.2, 0) is 9.59 Å². The fourth-order valence-corrected chi connectivity index (χ4v) is 1.44. The van der Waals surface area contributed by atoms with E-state index in [2.05, 4.69) is 5.32 Å². The third kappa shape index (κ3) is 5.18. The first-order chi connectivity index (χ1) is 8.90. The van der Waals surface area contributed by atoms with Gasteiger partial charge in [-0.25, -0.2) is 0 Å². The van der Waals surface area contributed by atoms with Crippen molar-refractivity contribution in [2.45, 2.75) is 19.9 Å². The van der Waals surface area contributed by atoms with E-state index >= 15 is 0 Å². The lowest BCUT2D eigenvalue weighted by atomic mass is 10.0. The Kier molecular flexibility index (Phi) is 5.63. The van der Waals surface area contributed by atoms with E-state index in [1.165, 1.54) is 6.92 Å². The second kappa shape index (κ2) is 6.99. The minimum atomic E-state index is -0.952. The maximum absolute atomic E-state index is 11.6. The first kappa shape index (κ1) is 15.3. The largest absolute Gasteiger partial charge is 0.484 e. The molecule has 0 aliphatic heterocycles. The summed E-state index contributed by atoms with van der Waals surface area (Å²) >= 11 is 5.72. The molecule has 0 fully saturated rings. The summed E-state index contributed by atoms with van der Waals surface area (Å²) < 4.78 is 5.25. The Morgan fingerprint density at radius 2 is 1.89 bits per heavy atom. The molecule has 0 heterocycles. The van der Waals surface area contributed by atoms with Gasteiger partial charge in [0.25, 0.3) is 5.91 Å². The predicted molar refractivity (Wildman–Crippen MR) is 71.4 cm³/mol. The number of benzene rings is 1. The number of carbonyl (C=O) groups excluding carboxylic acids is 1. The molecule has 1 rings (SSSR count). The molecule has 6 heteroatoms. The molecule has 5 nitrogen and oxygen atoms in total. The van der Waals surface area contributed by atoms with E-state index in [1.54, 1.807) is 31.2 Å². The summed E-state index contributed by atoms with van der Waals surface area (Å²) in [5.41, 5.74) is 0. The number of carbonyl (C=O) groups is 2. The number of halogens is 1. The van der Waals surface area contributed by atoms with Gasteiger partial charge >= 0.3 is 5.97 Å². The van der Waals surface area contributed by atoms with Crippen molar-refractivity contribution in [3.8, 4) is 5.75 Å². The standard InChI is InChI=1S/C13H16ClNO4/c1-8(13(17)18)9(2)15-12(16)7-19-11-5-3-10(14)4-6-11/h3-6,8-9H,7H2,1-2H3,(H,15,16)(H,17,18). The molecule has 0 aliphatic rings. The maximum Gasteiger partial charge on any atom is 0.308 e. The van der Waals surface area contributed by atoms with Gasteiger partial charge in [-0.2, -0.15) is 0 Å². The quantitative estimate of drug-likeness (QED) is 0.837. The van der Waals surface area contributed by atoms with E-state index in [1.807, 2.05) is 0 Å². The molecule has 1 amide bonds. The number of ether oxygens (including phenoxy) is 1. The minimum absolute atomic E-state index is 0.168. The second-order valence-corrected chi connectivity index (χ2v) is 4.66. The van der Waals surface area contributed by atoms with Crippen LogP contribution in [0, 0.1) is 5.92 Å². The van der Waals surface area contributed by atoms with Gasteiger partial charge in [-0.1, -0.05) is 11.6 Å². The van der Waals surface area contributed by atoms with E-state index in [-0.39, 0.29) is 12.5 Å². The first-order valence-electron chi connectivity index (χ1n) is 5.80. The Morgan fingerprint density at radius 3 is 2.42 bits per heavy atom. The lowest BCUT2D eigenvalue weighted by molar-refractivity contribution is -0.142. The monoisotopic (exact) mass is 285 g/mol. The molecule has 0 bridgehead atoms. The highest BCUT2D eigenvalue weighted by molar-refractivity contribution is 6.30. The average Bonchev–Trinajstić information content (AvgIpc) is 2.37. The van der Waals surface area contributed by atoms with Crippen LogP contribution in [0.1, 0.15) is 13.8 Å². The van der Waals surface area contributed by atoms with Crippen molar-refractivity contribution < 1.29 is 19.4 Å². The fraction of sp³-hybridized carbons (Fsp3) is 0.385. The molecule has 0 spiro atoms. The topological polar surface area (TPSA) is 75.6 Å².